The van der Waals surface area contributed by atoms with Gasteiger partial charge in [0.1, 0.15) is 5.82 Å². The molecule has 4 nitrogen and oxygen atoms in total. The highest BCUT2D eigenvalue weighted by atomic mass is 19.1. The van der Waals surface area contributed by atoms with Crippen LogP contribution in [0.3, 0.4) is 0 Å². The molecule has 1 saturated heterocycles. The second kappa shape index (κ2) is 5.36. The lowest BCUT2D eigenvalue weighted by Gasteiger charge is -2.22. The molecule has 2 atom stereocenters. The van der Waals surface area contributed by atoms with Crippen LogP contribution < -0.4 is 5.73 Å². The Labute approximate surface area is 117 Å². The van der Waals surface area contributed by atoms with Crippen molar-refractivity contribution in [3.8, 4) is 0 Å². The molecule has 1 heterocycles. The van der Waals surface area contributed by atoms with Gasteiger partial charge in [-0.05, 0) is 32.1 Å². The van der Waals surface area contributed by atoms with Gasteiger partial charge in [-0.2, -0.15) is 0 Å². The number of likely N-dealkylation sites (N-methyl/N-ethyl adjacent to an activating group) is 1. The van der Waals surface area contributed by atoms with Crippen molar-refractivity contribution in [1.82, 2.24) is 9.80 Å². The first kappa shape index (κ1) is 14.7. The molecule has 110 valence electrons. The lowest BCUT2D eigenvalue weighted by molar-refractivity contribution is 0.0776. The van der Waals surface area contributed by atoms with Crippen molar-refractivity contribution in [2.24, 2.45) is 5.92 Å². The molecule has 1 aromatic rings. The van der Waals surface area contributed by atoms with Crippen LogP contribution in [0.1, 0.15) is 17.3 Å². The zero-order valence-electron chi connectivity index (χ0n) is 11.9. The van der Waals surface area contributed by atoms with Gasteiger partial charge in [0.25, 0.3) is 5.91 Å². The number of likely N-dealkylation sites (tertiary alicyclic amines) is 1. The van der Waals surface area contributed by atoms with E-state index in [2.05, 4.69) is 0 Å². The molecule has 1 aliphatic rings. The van der Waals surface area contributed by atoms with Crippen molar-refractivity contribution in [2.75, 3.05) is 32.9 Å². The zero-order valence-corrected chi connectivity index (χ0v) is 11.9. The molecule has 1 aromatic carbocycles. The Bertz CT molecular complexity index is 533. The molecule has 0 saturated carbocycles. The summed E-state index contributed by atoms with van der Waals surface area (Å²) >= 11 is 0. The van der Waals surface area contributed by atoms with Gasteiger partial charge in [-0.3, -0.25) is 4.79 Å². The average Bonchev–Trinajstić information content (AvgIpc) is 2.75. The van der Waals surface area contributed by atoms with Crippen LogP contribution in [0.2, 0.25) is 0 Å². The fourth-order valence-electron chi connectivity index (χ4n) is 2.72. The van der Waals surface area contributed by atoms with Crippen molar-refractivity contribution in [2.45, 2.75) is 13.0 Å². The topological polar surface area (TPSA) is 49.6 Å². The Morgan fingerprint density at radius 1 is 1.35 bits per heavy atom. The maximum Gasteiger partial charge on any atom is 0.257 e. The van der Waals surface area contributed by atoms with Crippen LogP contribution in [-0.2, 0) is 0 Å². The third-order valence-electron chi connectivity index (χ3n) is 3.82. The highest BCUT2D eigenvalue weighted by Crippen LogP contribution is 2.24. The number of hydrogen-bond acceptors (Lipinski definition) is 3. The molecular formula is C14H19F2N3O. The fourth-order valence-corrected chi connectivity index (χ4v) is 2.72. The Morgan fingerprint density at radius 2 is 2.00 bits per heavy atom. The van der Waals surface area contributed by atoms with Gasteiger partial charge >= 0.3 is 0 Å². The number of anilines is 1. The Hall–Kier alpha value is -1.69. The molecule has 0 aromatic heterocycles. The van der Waals surface area contributed by atoms with Gasteiger partial charge in [0.05, 0.1) is 11.3 Å². The molecule has 0 bridgehead atoms. The van der Waals surface area contributed by atoms with Crippen LogP contribution in [0.15, 0.2) is 12.1 Å². The largest absolute Gasteiger partial charge is 0.396 e. The summed E-state index contributed by atoms with van der Waals surface area (Å²) in [6.45, 7) is 3.06. The van der Waals surface area contributed by atoms with Crippen LogP contribution in [0, 0.1) is 17.6 Å². The summed E-state index contributed by atoms with van der Waals surface area (Å²) in [6, 6.07) is 2.00. The van der Waals surface area contributed by atoms with Crippen LogP contribution >= 0.6 is 0 Å². The van der Waals surface area contributed by atoms with Gasteiger partial charge in [0, 0.05) is 19.1 Å². The van der Waals surface area contributed by atoms with Crippen LogP contribution in [0.5, 0.6) is 0 Å². The number of halogens is 2. The first-order chi connectivity index (χ1) is 9.31. The monoisotopic (exact) mass is 283 g/mol. The predicted molar refractivity (Wildman–Crippen MR) is 73.3 cm³/mol. The maximum atomic E-state index is 13.9. The summed E-state index contributed by atoms with van der Waals surface area (Å²) in [5, 5.41) is 0. The second-order valence-electron chi connectivity index (χ2n) is 5.57. The molecule has 0 aliphatic carbocycles. The van der Waals surface area contributed by atoms with E-state index in [4.69, 9.17) is 5.73 Å². The Balaban J connectivity index is 2.25. The summed E-state index contributed by atoms with van der Waals surface area (Å²) in [6.07, 6.45) is 0. The van der Waals surface area contributed by atoms with Gasteiger partial charge in [0.15, 0.2) is 5.82 Å². The first-order valence-electron chi connectivity index (χ1n) is 6.51. The van der Waals surface area contributed by atoms with Gasteiger partial charge < -0.3 is 15.5 Å². The van der Waals surface area contributed by atoms with Crippen molar-refractivity contribution in [3.05, 3.63) is 29.3 Å². The van der Waals surface area contributed by atoms with E-state index in [9.17, 15) is 13.6 Å². The number of rotatable bonds is 2. The lowest BCUT2D eigenvalue weighted by atomic mass is 10.1. The van der Waals surface area contributed by atoms with E-state index < -0.39 is 17.5 Å². The highest BCUT2D eigenvalue weighted by Gasteiger charge is 2.35. The number of nitrogens with two attached hydrogens (primary N) is 1. The Kier molecular flexibility index (Phi) is 3.94. The normalized spacial score (nSPS) is 22.6. The number of nitrogens with zero attached hydrogens (tertiary/aromatic N) is 2. The molecule has 6 heteroatoms. The molecule has 1 aliphatic heterocycles. The smallest absolute Gasteiger partial charge is 0.257 e. The molecule has 0 spiro atoms. The predicted octanol–water partition coefficient (Wildman–Crippen LogP) is 1.57. The molecule has 1 fully saturated rings. The van der Waals surface area contributed by atoms with E-state index in [0.717, 1.165) is 12.1 Å². The number of amides is 1. The van der Waals surface area contributed by atoms with E-state index in [1.54, 1.807) is 4.90 Å². The fraction of sp³-hybridized carbons (Fsp3) is 0.500. The van der Waals surface area contributed by atoms with E-state index in [0.29, 0.717) is 13.1 Å². The number of carbonyl (C=O) groups excluding carboxylic acids is 1. The van der Waals surface area contributed by atoms with Crippen molar-refractivity contribution >= 4 is 11.6 Å². The van der Waals surface area contributed by atoms with Crippen molar-refractivity contribution in [3.63, 3.8) is 0 Å². The standard InChI is InChI=1S/C14H19F2N3O/c1-8-6-19(7-12(8)18(2)3)14(20)10-4-9(15)5-11(17)13(10)16/h4-5,8,12H,6-7,17H2,1-3H3. The average molecular weight is 283 g/mol. The molecule has 20 heavy (non-hydrogen) atoms. The summed E-state index contributed by atoms with van der Waals surface area (Å²) in [7, 11) is 3.88. The SMILES string of the molecule is CC1CN(C(=O)c2cc(F)cc(N)c2F)CC1N(C)C. The molecule has 2 rings (SSSR count). The van der Waals surface area contributed by atoms with Crippen LogP contribution in [-0.4, -0.2) is 48.9 Å². The first-order valence-corrected chi connectivity index (χ1v) is 6.51. The minimum absolute atomic E-state index is 0.216. The third kappa shape index (κ3) is 2.60. The third-order valence-corrected chi connectivity index (χ3v) is 3.82. The molecule has 2 unspecified atom stereocenters. The number of hydrogen-bond donors (Lipinski definition) is 1. The Morgan fingerprint density at radius 3 is 2.55 bits per heavy atom. The molecular weight excluding hydrogens is 264 g/mol. The van der Waals surface area contributed by atoms with Crippen LogP contribution in [0.4, 0.5) is 14.5 Å². The van der Waals surface area contributed by atoms with E-state index in [1.807, 2.05) is 25.9 Å². The van der Waals surface area contributed by atoms with Crippen molar-refractivity contribution < 1.29 is 13.6 Å². The van der Waals surface area contributed by atoms with E-state index >= 15 is 0 Å². The van der Waals surface area contributed by atoms with Crippen molar-refractivity contribution in [1.29, 1.82) is 0 Å². The van der Waals surface area contributed by atoms with E-state index in [-0.39, 0.29) is 23.2 Å². The van der Waals surface area contributed by atoms with E-state index in [1.165, 1.54) is 0 Å². The molecule has 1 amide bonds. The zero-order chi connectivity index (χ0) is 15.0. The summed E-state index contributed by atoms with van der Waals surface area (Å²) in [4.78, 5) is 15.9. The molecule has 2 N–H and O–H groups in total. The van der Waals surface area contributed by atoms with Gasteiger partial charge in [0.2, 0.25) is 0 Å². The summed E-state index contributed by atoms with van der Waals surface area (Å²) < 4.78 is 27.2. The number of benzene rings is 1. The minimum Gasteiger partial charge on any atom is -0.396 e. The number of carbonyl (C=O) groups is 1. The summed E-state index contributed by atoms with van der Waals surface area (Å²) in [5.74, 6) is -1.78. The van der Waals surface area contributed by atoms with Crippen LogP contribution in [0.25, 0.3) is 0 Å². The minimum atomic E-state index is -0.850. The maximum absolute atomic E-state index is 13.9. The highest BCUT2D eigenvalue weighted by molar-refractivity contribution is 5.95. The molecule has 0 radical (unpaired) electrons. The quantitative estimate of drug-likeness (QED) is 0.838. The van der Waals surface area contributed by atoms with Gasteiger partial charge in [-0.1, -0.05) is 6.92 Å². The second-order valence-corrected chi connectivity index (χ2v) is 5.57. The van der Waals surface area contributed by atoms with Gasteiger partial charge in [-0.15, -0.1) is 0 Å². The van der Waals surface area contributed by atoms with Gasteiger partial charge in [-0.25, -0.2) is 8.78 Å². The number of nitrogen functional groups attached to an aromatic ring is 1. The summed E-state index contributed by atoms with van der Waals surface area (Å²) in [5.41, 5.74) is 4.73. The lowest BCUT2D eigenvalue weighted by Crippen LogP contribution is -2.36.